The molecule has 0 saturated carbocycles. The van der Waals surface area contributed by atoms with Crippen LogP contribution in [0.4, 0.5) is 0 Å². The number of nitrogens with zero attached hydrogens (tertiary/aromatic N) is 2. The minimum absolute atomic E-state index is 0.223. The summed E-state index contributed by atoms with van der Waals surface area (Å²) in [5, 5.41) is 2.65. The van der Waals surface area contributed by atoms with E-state index < -0.39 is 10.0 Å². The van der Waals surface area contributed by atoms with Crippen LogP contribution in [0.1, 0.15) is 29.4 Å². The SMILES string of the molecule is Cc1csc(C(C)NS(=O)(=O)c2cc(CN)n(C)c2)n1. The first-order valence-corrected chi connectivity index (χ1v) is 8.49. The van der Waals surface area contributed by atoms with E-state index in [0.29, 0.717) is 6.54 Å². The van der Waals surface area contributed by atoms with Gasteiger partial charge < -0.3 is 10.3 Å². The van der Waals surface area contributed by atoms with Gasteiger partial charge in [0, 0.05) is 36.6 Å². The van der Waals surface area contributed by atoms with Gasteiger partial charge in [-0.05, 0) is 19.9 Å². The standard InChI is InChI=1S/C12H18N4O2S2/c1-8-7-19-12(14-8)9(2)15-20(17,18)11-4-10(5-13)16(3)6-11/h4,6-7,9,15H,5,13H2,1-3H3. The van der Waals surface area contributed by atoms with E-state index in [1.165, 1.54) is 11.3 Å². The number of nitrogens with one attached hydrogen (secondary N) is 1. The van der Waals surface area contributed by atoms with Crippen LogP contribution in [-0.2, 0) is 23.6 Å². The molecule has 0 radical (unpaired) electrons. The molecule has 6 nitrogen and oxygen atoms in total. The first kappa shape index (κ1) is 15.2. The molecule has 2 heterocycles. The Morgan fingerprint density at radius 2 is 2.25 bits per heavy atom. The van der Waals surface area contributed by atoms with E-state index in [2.05, 4.69) is 9.71 Å². The normalized spacial score (nSPS) is 13.6. The lowest BCUT2D eigenvalue weighted by Crippen LogP contribution is -2.26. The summed E-state index contributed by atoms with van der Waals surface area (Å²) >= 11 is 1.44. The van der Waals surface area contributed by atoms with Gasteiger partial charge in [-0.25, -0.2) is 18.1 Å². The van der Waals surface area contributed by atoms with E-state index in [4.69, 9.17) is 5.73 Å². The lowest BCUT2D eigenvalue weighted by molar-refractivity contribution is 0.566. The molecule has 0 fully saturated rings. The van der Waals surface area contributed by atoms with Crippen molar-refractivity contribution in [2.75, 3.05) is 0 Å². The van der Waals surface area contributed by atoms with Crippen molar-refractivity contribution in [3.63, 3.8) is 0 Å². The van der Waals surface area contributed by atoms with Gasteiger partial charge in [-0.15, -0.1) is 11.3 Å². The molecule has 0 bridgehead atoms. The maximum Gasteiger partial charge on any atom is 0.242 e. The van der Waals surface area contributed by atoms with Gasteiger partial charge in [0.05, 0.1) is 10.9 Å². The lowest BCUT2D eigenvalue weighted by Gasteiger charge is -2.10. The zero-order valence-electron chi connectivity index (χ0n) is 11.6. The van der Waals surface area contributed by atoms with E-state index in [1.54, 1.807) is 30.8 Å². The fraction of sp³-hybridized carbons (Fsp3) is 0.417. The maximum atomic E-state index is 12.3. The first-order valence-electron chi connectivity index (χ1n) is 6.13. The number of hydrogen-bond acceptors (Lipinski definition) is 5. The molecular weight excluding hydrogens is 296 g/mol. The van der Waals surface area contributed by atoms with Crippen LogP contribution >= 0.6 is 11.3 Å². The Balaban J connectivity index is 2.22. The van der Waals surface area contributed by atoms with Crippen molar-refractivity contribution in [2.45, 2.75) is 31.3 Å². The van der Waals surface area contributed by atoms with Crippen LogP contribution in [0.3, 0.4) is 0 Å². The topological polar surface area (TPSA) is 90.0 Å². The molecule has 0 aliphatic carbocycles. The van der Waals surface area contributed by atoms with Crippen LogP contribution in [0.2, 0.25) is 0 Å². The summed E-state index contributed by atoms with van der Waals surface area (Å²) in [7, 11) is -1.80. The number of rotatable bonds is 5. The molecular formula is C12H18N4O2S2. The van der Waals surface area contributed by atoms with Crippen molar-refractivity contribution in [3.05, 3.63) is 34.0 Å². The predicted molar refractivity (Wildman–Crippen MR) is 78.9 cm³/mol. The highest BCUT2D eigenvalue weighted by atomic mass is 32.2. The molecule has 1 atom stereocenters. The smallest absolute Gasteiger partial charge is 0.242 e. The molecule has 0 spiro atoms. The molecule has 0 saturated heterocycles. The molecule has 8 heteroatoms. The van der Waals surface area contributed by atoms with Crippen molar-refractivity contribution in [2.24, 2.45) is 12.8 Å². The fourth-order valence-corrected chi connectivity index (χ4v) is 4.03. The third-order valence-corrected chi connectivity index (χ3v) is 5.59. The van der Waals surface area contributed by atoms with Gasteiger partial charge >= 0.3 is 0 Å². The molecule has 0 aliphatic rings. The highest BCUT2D eigenvalue weighted by molar-refractivity contribution is 7.89. The number of aromatic nitrogens is 2. The summed E-state index contributed by atoms with van der Waals surface area (Å²) in [6.07, 6.45) is 1.56. The lowest BCUT2D eigenvalue weighted by atomic mass is 10.4. The Morgan fingerprint density at radius 1 is 1.55 bits per heavy atom. The van der Waals surface area contributed by atoms with Gasteiger partial charge in [-0.1, -0.05) is 0 Å². The van der Waals surface area contributed by atoms with Crippen LogP contribution in [0.15, 0.2) is 22.5 Å². The van der Waals surface area contributed by atoms with E-state index in [9.17, 15) is 8.42 Å². The number of thiazole rings is 1. The molecule has 0 amide bonds. The van der Waals surface area contributed by atoms with E-state index in [-0.39, 0.29) is 10.9 Å². The fourth-order valence-electron chi connectivity index (χ4n) is 1.85. The quantitative estimate of drug-likeness (QED) is 0.870. The van der Waals surface area contributed by atoms with Crippen LogP contribution in [-0.4, -0.2) is 18.0 Å². The van der Waals surface area contributed by atoms with Gasteiger partial charge in [0.15, 0.2) is 0 Å². The summed E-state index contributed by atoms with van der Waals surface area (Å²) in [6.45, 7) is 3.96. The zero-order valence-corrected chi connectivity index (χ0v) is 13.3. The monoisotopic (exact) mass is 314 g/mol. The highest BCUT2D eigenvalue weighted by Gasteiger charge is 2.22. The summed E-state index contributed by atoms with van der Waals surface area (Å²) < 4.78 is 29.0. The maximum absolute atomic E-state index is 12.3. The predicted octanol–water partition coefficient (Wildman–Crippen LogP) is 1.29. The van der Waals surface area contributed by atoms with Gasteiger partial charge in [0.25, 0.3) is 0 Å². The minimum Gasteiger partial charge on any atom is -0.352 e. The van der Waals surface area contributed by atoms with Crippen molar-refractivity contribution >= 4 is 21.4 Å². The van der Waals surface area contributed by atoms with Crippen molar-refractivity contribution in [3.8, 4) is 0 Å². The summed E-state index contributed by atoms with van der Waals surface area (Å²) in [4.78, 5) is 4.52. The van der Waals surface area contributed by atoms with Crippen LogP contribution in [0.5, 0.6) is 0 Å². The number of nitrogens with two attached hydrogens (primary N) is 1. The molecule has 20 heavy (non-hydrogen) atoms. The van der Waals surface area contributed by atoms with Gasteiger partial charge in [0.1, 0.15) is 5.01 Å². The summed E-state index contributed by atoms with van der Waals surface area (Å²) in [5.74, 6) is 0. The van der Waals surface area contributed by atoms with Crippen molar-refractivity contribution < 1.29 is 8.42 Å². The van der Waals surface area contributed by atoms with Gasteiger partial charge in [0.2, 0.25) is 10.0 Å². The van der Waals surface area contributed by atoms with Crippen LogP contribution < -0.4 is 10.5 Å². The average molecular weight is 314 g/mol. The van der Waals surface area contributed by atoms with Crippen molar-refractivity contribution in [1.82, 2.24) is 14.3 Å². The Kier molecular flexibility index (Phi) is 4.28. The third-order valence-electron chi connectivity index (χ3n) is 2.94. The molecule has 0 aromatic carbocycles. The average Bonchev–Trinajstić information content (AvgIpc) is 2.95. The number of sulfonamides is 1. The summed E-state index contributed by atoms with van der Waals surface area (Å²) in [6, 6.07) is 1.22. The van der Waals surface area contributed by atoms with Gasteiger partial charge in [-0.2, -0.15) is 0 Å². The Bertz CT molecular complexity index is 703. The molecule has 3 N–H and O–H groups in total. The second kappa shape index (κ2) is 5.65. The molecule has 2 aromatic heterocycles. The molecule has 2 rings (SSSR count). The molecule has 2 aromatic rings. The van der Waals surface area contributed by atoms with E-state index in [0.717, 1.165) is 16.4 Å². The third kappa shape index (κ3) is 3.09. The Morgan fingerprint density at radius 3 is 2.75 bits per heavy atom. The highest BCUT2D eigenvalue weighted by Crippen LogP contribution is 2.21. The molecule has 110 valence electrons. The van der Waals surface area contributed by atoms with Crippen LogP contribution in [0, 0.1) is 6.92 Å². The van der Waals surface area contributed by atoms with Gasteiger partial charge in [-0.3, -0.25) is 0 Å². The first-order chi connectivity index (χ1) is 9.33. The van der Waals surface area contributed by atoms with Crippen molar-refractivity contribution in [1.29, 1.82) is 0 Å². The second-order valence-corrected chi connectivity index (χ2v) is 7.26. The molecule has 0 aliphatic heterocycles. The second-order valence-electron chi connectivity index (χ2n) is 4.65. The molecule has 1 unspecified atom stereocenters. The summed E-state index contributed by atoms with van der Waals surface area (Å²) in [5.41, 5.74) is 7.21. The van der Waals surface area contributed by atoms with Crippen LogP contribution in [0.25, 0.3) is 0 Å². The number of aryl methyl sites for hydroxylation is 2. The largest absolute Gasteiger partial charge is 0.352 e. The van der Waals surface area contributed by atoms with E-state index in [1.807, 2.05) is 12.3 Å². The van der Waals surface area contributed by atoms with E-state index >= 15 is 0 Å². The minimum atomic E-state index is -3.57. The Hall–Kier alpha value is -1.22. The zero-order chi connectivity index (χ0) is 14.9. The number of hydrogen-bond donors (Lipinski definition) is 2. The Labute approximate surface area is 122 Å².